The van der Waals surface area contributed by atoms with Gasteiger partial charge in [-0.05, 0) is 61.9 Å². The predicted molar refractivity (Wildman–Crippen MR) is 81.3 cm³/mol. The smallest absolute Gasteiger partial charge is 0.339 e. The first-order valence-electron chi connectivity index (χ1n) is 6.81. The number of benzene rings is 2. The molecule has 0 aliphatic heterocycles. The zero-order valence-electron chi connectivity index (χ0n) is 12.6. The molecule has 0 spiro atoms. The standard InChI is InChI=1S/C16H15FO5S/c1-3-21-16(18)12-4-7-14(8-5-12)22-23(19,20)15-9-6-13(17)10-11(15)2/h4-10H,3H2,1-2H3. The first kappa shape index (κ1) is 17.0. The van der Waals surface area contributed by atoms with Crippen molar-refractivity contribution in [2.24, 2.45) is 0 Å². The van der Waals surface area contributed by atoms with Crippen molar-refractivity contribution in [2.45, 2.75) is 18.7 Å². The van der Waals surface area contributed by atoms with Crippen molar-refractivity contribution in [1.29, 1.82) is 0 Å². The summed E-state index contributed by atoms with van der Waals surface area (Å²) in [6, 6.07) is 8.81. The number of aryl methyl sites for hydroxylation is 1. The number of carbonyl (C=O) groups is 1. The van der Waals surface area contributed by atoms with Gasteiger partial charge >= 0.3 is 16.1 Å². The minimum Gasteiger partial charge on any atom is -0.462 e. The van der Waals surface area contributed by atoms with Crippen molar-refractivity contribution in [3.05, 3.63) is 59.4 Å². The molecular formula is C16H15FO5S. The summed E-state index contributed by atoms with van der Waals surface area (Å²) >= 11 is 0. The van der Waals surface area contributed by atoms with E-state index in [-0.39, 0.29) is 28.4 Å². The molecule has 2 aromatic carbocycles. The molecule has 0 radical (unpaired) electrons. The summed E-state index contributed by atoms with van der Waals surface area (Å²) in [5.74, 6) is -0.988. The van der Waals surface area contributed by atoms with Crippen LogP contribution in [0.25, 0.3) is 0 Å². The maximum absolute atomic E-state index is 13.1. The van der Waals surface area contributed by atoms with Gasteiger partial charge in [0.25, 0.3) is 0 Å². The van der Waals surface area contributed by atoms with E-state index in [2.05, 4.69) is 0 Å². The molecule has 2 aromatic rings. The highest BCUT2D eigenvalue weighted by atomic mass is 32.2. The first-order chi connectivity index (χ1) is 10.8. The van der Waals surface area contributed by atoms with Crippen LogP contribution in [0.1, 0.15) is 22.8 Å². The largest absolute Gasteiger partial charge is 0.462 e. The number of rotatable bonds is 5. The van der Waals surface area contributed by atoms with Gasteiger partial charge in [-0.15, -0.1) is 0 Å². The second-order valence-electron chi connectivity index (χ2n) is 4.69. The van der Waals surface area contributed by atoms with E-state index in [4.69, 9.17) is 8.92 Å². The van der Waals surface area contributed by atoms with Gasteiger partial charge in [0.15, 0.2) is 0 Å². The summed E-state index contributed by atoms with van der Waals surface area (Å²) in [5.41, 5.74) is 0.530. The molecule has 0 N–H and O–H groups in total. The van der Waals surface area contributed by atoms with Crippen molar-refractivity contribution in [2.75, 3.05) is 6.61 Å². The van der Waals surface area contributed by atoms with Crippen molar-refractivity contribution in [3.8, 4) is 5.75 Å². The lowest BCUT2D eigenvalue weighted by Gasteiger charge is -2.09. The molecule has 0 aliphatic rings. The molecule has 0 aromatic heterocycles. The SMILES string of the molecule is CCOC(=O)c1ccc(OS(=O)(=O)c2ccc(F)cc2C)cc1. The molecule has 23 heavy (non-hydrogen) atoms. The summed E-state index contributed by atoms with van der Waals surface area (Å²) < 4.78 is 47.3. The van der Waals surface area contributed by atoms with Crippen LogP contribution in [0.15, 0.2) is 47.4 Å². The fraction of sp³-hybridized carbons (Fsp3) is 0.188. The van der Waals surface area contributed by atoms with E-state index in [9.17, 15) is 17.6 Å². The lowest BCUT2D eigenvalue weighted by Crippen LogP contribution is -2.11. The lowest BCUT2D eigenvalue weighted by molar-refractivity contribution is 0.0526. The zero-order chi connectivity index (χ0) is 17.0. The van der Waals surface area contributed by atoms with Gasteiger partial charge in [-0.25, -0.2) is 9.18 Å². The van der Waals surface area contributed by atoms with Gasteiger partial charge in [0.1, 0.15) is 16.5 Å². The van der Waals surface area contributed by atoms with Crippen molar-refractivity contribution in [3.63, 3.8) is 0 Å². The Hall–Kier alpha value is -2.41. The fourth-order valence-corrected chi connectivity index (χ4v) is 3.07. The van der Waals surface area contributed by atoms with E-state index in [1.165, 1.54) is 31.2 Å². The quantitative estimate of drug-likeness (QED) is 0.619. The van der Waals surface area contributed by atoms with E-state index >= 15 is 0 Å². The van der Waals surface area contributed by atoms with E-state index in [1.54, 1.807) is 6.92 Å². The second kappa shape index (κ2) is 6.78. The average Bonchev–Trinajstić information content (AvgIpc) is 2.47. The number of hydrogen-bond acceptors (Lipinski definition) is 5. The van der Waals surface area contributed by atoms with Crippen LogP contribution in [0, 0.1) is 12.7 Å². The van der Waals surface area contributed by atoms with Crippen LogP contribution in [0.4, 0.5) is 4.39 Å². The Morgan fingerprint density at radius 3 is 2.35 bits per heavy atom. The van der Waals surface area contributed by atoms with Crippen LogP contribution >= 0.6 is 0 Å². The summed E-state index contributed by atoms with van der Waals surface area (Å²) in [6.45, 7) is 3.41. The van der Waals surface area contributed by atoms with Gasteiger partial charge in [-0.1, -0.05) is 0 Å². The minimum atomic E-state index is -4.09. The van der Waals surface area contributed by atoms with Crippen LogP contribution < -0.4 is 4.18 Å². The highest BCUT2D eigenvalue weighted by Crippen LogP contribution is 2.22. The Kier molecular flexibility index (Phi) is 5.00. The second-order valence-corrected chi connectivity index (χ2v) is 6.21. The van der Waals surface area contributed by atoms with Crippen LogP contribution in [-0.2, 0) is 14.9 Å². The molecule has 0 aliphatic carbocycles. The molecule has 0 atom stereocenters. The van der Waals surface area contributed by atoms with Crippen molar-refractivity contribution >= 4 is 16.1 Å². The van der Waals surface area contributed by atoms with Crippen LogP contribution in [0.3, 0.4) is 0 Å². The van der Waals surface area contributed by atoms with Crippen molar-refractivity contribution < 1.29 is 26.5 Å². The third-order valence-electron chi connectivity index (χ3n) is 2.98. The predicted octanol–water partition coefficient (Wildman–Crippen LogP) is 3.08. The molecule has 2 rings (SSSR count). The Balaban J connectivity index is 2.22. The topological polar surface area (TPSA) is 69.7 Å². The first-order valence-corrected chi connectivity index (χ1v) is 8.22. The molecule has 0 saturated heterocycles. The van der Waals surface area contributed by atoms with Gasteiger partial charge in [0.05, 0.1) is 12.2 Å². The van der Waals surface area contributed by atoms with E-state index in [0.717, 1.165) is 18.2 Å². The highest BCUT2D eigenvalue weighted by Gasteiger charge is 2.20. The summed E-state index contributed by atoms with van der Waals surface area (Å²) in [7, 11) is -4.09. The zero-order valence-corrected chi connectivity index (χ0v) is 13.4. The average molecular weight is 338 g/mol. The molecule has 122 valence electrons. The Bertz CT molecular complexity index is 813. The van der Waals surface area contributed by atoms with Crippen molar-refractivity contribution in [1.82, 2.24) is 0 Å². The summed E-state index contributed by atoms with van der Waals surface area (Å²) in [6.07, 6.45) is 0. The Labute approximate surface area is 133 Å². The molecule has 0 amide bonds. The molecule has 0 fully saturated rings. The summed E-state index contributed by atoms with van der Waals surface area (Å²) in [4.78, 5) is 11.4. The van der Waals surface area contributed by atoms with Crippen LogP contribution in [0.2, 0.25) is 0 Å². The molecule has 5 nitrogen and oxygen atoms in total. The molecule has 0 heterocycles. The van der Waals surface area contributed by atoms with E-state index < -0.39 is 21.9 Å². The third kappa shape index (κ3) is 4.07. The minimum absolute atomic E-state index is 0.0433. The lowest BCUT2D eigenvalue weighted by atomic mass is 10.2. The van der Waals surface area contributed by atoms with Crippen LogP contribution in [-0.4, -0.2) is 21.0 Å². The van der Waals surface area contributed by atoms with Gasteiger partial charge in [0, 0.05) is 0 Å². The fourth-order valence-electron chi connectivity index (χ4n) is 1.93. The Morgan fingerprint density at radius 2 is 1.78 bits per heavy atom. The van der Waals surface area contributed by atoms with Crippen LogP contribution in [0.5, 0.6) is 5.75 Å². The van der Waals surface area contributed by atoms with Gasteiger partial charge in [0.2, 0.25) is 0 Å². The third-order valence-corrected chi connectivity index (χ3v) is 4.39. The molecule has 0 bridgehead atoms. The number of halogens is 1. The van der Waals surface area contributed by atoms with E-state index in [1.807, 2.05) is 0 Å². The number of esters is 1. The summed E-state index contributed by atoms with van der Waals surface area (Å²) in [5, 5.41) is 0. The number of carbonyl (C=O) groups excluding carboxylic acids is 1. The molecule has 7 heteroatoms. The number of hydrogen-bond donors (Lipinski definition) is 0. The van der Waals surface area contributed by atoms with Gasteiger partial charge in [-0.3, -0.25) is 0 Å². The monoisotopic (exact) mass is 338 g/mol. The molecule has 0 saturated carbocycles. The Morgan fingerprint density at radius 1 is 1.13 bits per heavy atom. The maximum atomic E-state index is 13.1. The number of ether oxygens (including phenoxy) is 1. The van der Waals surface area contributed by atoms with Gasteiger partial charge < -0.3 is 8.92 Å². The highest BCUT2D eigenvalue weighted by molar-refractivity contribution is 7.87. The maximum Gasteiger partial charge on any atom is 0.339 e. The van der Waals surface area contributed by atoms with Gasteiger partial charge in [-0.2, -0.15) is 8.42 Å². The molecule has 0 unspecified atom stereocenters. The molecular weight excluding hydrogens is 323 g/mol. The van der Waals surface area contributed by atoms with E-state index in [0.29, 0.717) is 0 Å². The normalized spacial score (nSPS) is 11.1.